The maximum absolute atomic E-state index is 8.81. The minimum absolute atomic E-state index is 0.209. The number of aliphatic hydroxyl groups excluding tert-OH is 1. The minimum atomic E-state index is 0.209. The normalized spacial score (nSPS) is 12.6. The van der Waals surface area contributed by atoms with Crippen LogP contribution >= 0.6 is 0 Å². The number of benzene rings is 1. The predicted molar refractivity (Wildman–Crippen MR) is 65.0 cm³/mol. The second-order valence-electron chi connectivity index (χ2n) is 3.94. The van der Waals surface area contributed by atoms with Crippen LogP contribution in [-0.2, 0) is 11.3 Å². The van der Waals surface area contributed by atoms with Gasteiger partial charge >= 0.3 is 0 Å². The summed E-state index contributed by atoms with van der Waals surface area (Å²) in [6.07, 6.45) is 1.69. The van der Waals surface area contributed by atoms with Crippen LogP contribution in [0.15, 0.2) is 30.3 Å². The highest BCUT2D eigenvalue weighted by molar-refractivity contribution is 5.13. The van der Waals surface area contributed by atoms with Crippen LogP contribution in [0.2, 0.25) is 0 Å². The molecule has 1 aromatic rings. The Balaban J connectivity index is 2.11. The Morgan fingerprint density at radius 3 is 2.56 bits per heavy atom. The van der Waals surface area contributed by atoms with E-state index < -0.39 is 0 Å². The molecule has 16 heavy (non-hydrogen) atoms. The van der Waals surface area contributed by atoms with Crippen molar-refractivity contribution in [3.8, 4) is 0 Å². The molecule has 0 radical (unpaired) electrons. The summed E-state index contributed by atoms with van der Waals surface area (Å²) in [6, 6.07) is 10.1. The minimum Gasteiger partial charge on any atom is -0.396 e. The zero-order valence-corrected chi connectivity index (χ0v) is 9.64. The summed E-state index contributed by atoms with van der Waals surface area (Å²) in [6.45, 7) is 2.18. The van der Waals surface area contributed by atoms with Crippen molar-refractivity contribution in [1.82, 2.24) is 0 Å². The molecule has 0 spiro atoms. The molecular weight excluding hydrogens is 202 g/mol. The van der Waals surface area contributed by atoms with E-state index in [4.69, 9.17) is 15.6 Å². The topological polar surface area (TPSA) is 55.5 Å². The van der Waals surface area contributed by atoms with Crippen LogP contribution in [0.5, 0.6) is 0 Å². The second kappa shape index (κ2) is 8.28. The van der Waals surface area contributed by atoms with E-state index in [9.17, 15) is 0 Å². The zero-order chi connectivity index (χ0) is 11.6. The first-order valence-electron chi connectivity index (χ1n) is 5.79. The summed E-state index contributed by atoms with van der Waals surface area (Å²) in [7, 11) is 0. The van der Waals surface area contributed by atoms with Crippen LogP contribution in [0.25, 0.3) is 0 Å². The van der Waals surface area contributed by atoms with Gasteiger partial charge in [-0.2, -0.15) is 0 Å². The van der Waals surface area contributed by atoms with Gasteiger partial charge in [0.25, 0.3) is 0 Å². The summed E-state index contributed by atoms with van der Waals surface area (Å²) in [4.78, 5) is 0. The summed E-state index contributed by atoms with van der Waals surface area (Å²) < 4.78 is 5.56. The third-order valence-electron chi connectivity index (χ3n) is 2.65. The molecule has 0 aromatic heterocycles. The lowest BCUT2D eigenvalue weighted by Gasteiger charge is -2.13. The quantitative estimate of drug-likeness (QED) is 0.657. The van der Waals surface area contributed by atoms with Crippen molar-refractivity contribution in [3.05, 3.63) is 35.9 Å². The molecule has 0 aliphatic heterocycles. The van der Waals surface area contributed by atoms with Gasteiger partial charge < -0.3 is 15.6 Å². The lowest BCUT2D eigenvalue weighted by molar-refractivity contribution is 0.104. The van der Waals surface area contributed by atoms with Crippen molar-refractivity contribution in [2.75, 3.05) is 19.8 Å². The molecule has 1 rings (SSSR count). The van der Waals surface area contributed by atoms with Crippen molar-refractivity contribution in [2.45, 2.75) is 19.4 Å². The van der Waals surface area contributed by atoms with Crippen molar-refractivity contribution >= 4 is 0 Å². The maximum Gasteiger partial charge on any atom is 0.0716 e. The van der Waals surface area contributed by atoms with E-state index in [2.05, 4.69) is 0 Å². The van der Waals surface area contributed by atoms with E-state index in [1.165, 1.54) is 5.56 Å². The number of ether oxygens (including phenoxy) is 1. The molecule has 0 aliphatic carbocycles. The number of rotatable bonds is 8. The molecule has 0 bridgehead atoms. The van der Waals surface area contributed by atoms with E-state index in [1.54, 1.807) is 0 Å². The van der Waals surface area contributed by atoms with Crippen LogP contribution in [0.4, 0.5) is 0 Å². The predicted octanol–water partition coefficient (Wildman–Crippen LogP) is 1.55. The Morgan fingerprint density at radius 1 is 1.19 bits per heavy atom. The van der Waals surface area contributed by atoms with Crippen LogP contribution in [0.1, 0.15) is 18.4 Å². The van der Waals surface area contributed by atoms with Crippen molar-refractivity contribution in [1.29, 1.82) is 0 Å². The molecule has 0 aliphatic rings. The van der Waals surface area contributed by atoms with Crippen molar-refractivity contribution < 1.29 is 9.84 Å². The maximum atomic E-state index is 8.81. The SMILES string of the molecule is NCC(CCO)CCOCc1ccccc1. The van der Waals surface area contributed by atoms with Crippen LogP contribution in [0, 0.1) is 5.92 Å². The fraction of sp³-hybridized carbons (Fsp3) is 0.538. The smallest absolute Gasteiger partial charge is 0.0716 e. The molecule has 1 aromatic carbocycles. The molecule has 3 nitrogen and oxygen atoms in total. The molecule has 90 valence electrons. The Labute approximate surface area is 97.2 Å². The van der Waals surface area contributed by atoms with Gasteiger partial charge in [-0.1, -0.05) is 30.3 Å². The number of hydrogen-bond donors (Lipinski definition) is 2. The summed E-state index contributed by atoms with van der Waals surface area (Å²) in [5.41, 5.74) is 6.77. The van der Waals surface area contributed by atoms with Gasteiger partial charge in [-0.05, 0) is 30.9 Å². The highest BCUT2D eigenvalue weighted by atomic mass is 16.5. The lowest BCUT2D eigenvalue weighted by atomic mass is 10.0. The van der Waals surface area contributed by atoms with E-state index in [-0.39, 0.29) is 6.61 Å². The molecule has 0 saturated heterocycles. The van der Waals surface area contributed by atoms with Gasteiger partial charge in [0.05, 0.1) is 6.61 Å². The third-order valence-corrected chi connectivity index (χ3v) is 2.65. The van der Waals surface area contributed by atoms with E-state index in [0.717, 1.165) is 12.8 Å². The first-order chi connectivity index (χ1) is 7.86. The van der Waals surface area contributed by atoms with E-state index >= 15 is 0 Å². The van der Waals surface area contributed by atoms with Crippen LogP contribution in [0.3, 0.4) is 0 Å². The third kappa shape index (κ3) is 5.26. The Kier molecular flexibility index (Phi) is 6.81. The van der Waals surface area contributed by atoms with Gasteiger partial charge in [0.1, 0.15) is 0 Å². The molecule has 0 amide bonds. The lowest BCUT2D eigenvalue weighted by Crippen LogP contribution is -2.17. The van der Waals surface area contributed by atoms with E-state index in [1.807, 2.05) is 30.3 Å². The second-order valence-corrected chi connectivity index (χ2v) is 3.94. The molecule has 1 unspecified atom stereocenters. The Hall–Kier alpha value is -0.900. The van der Waals surface area contributed by atoms with Gasteiger partial charge in [-0.15, -0.1) is 0 Å². The average molecular weight is 223 g/mol. The average Bonchev–Trinajstić information content (AvgIpc) is 2.34. The monoisotopic (exact) mass is 223 g/mol. The molecule has 0 heterocycles. The van der Waals surface area contributed by atoms with Crippen LogP contribution in [-0.4, -0.2) is 24.9 Å². The van der Waals surface area contributed by atoms with Gasteiger partial charge in [0.15, 0.2) is 0 Å². The Bertz CT molecular complexity index is 264. The molecule has 0 saturated carbocycles. The molecule has 3 N–H and O–H groups in total. The van der Waals surface area contributed by atoms with E-state index in [0.29, 0.717) is 25.7 Å². The number of hydrogen-bond acceptors (Lipinski definition) is 3. The highest BCUT2D eigenvalue weighted by Gasteiger charge is 2.05. The van der Waals surface area contributed by atoms with Gasteiger partial charge in [0.2, 0.25) is 0 Å². The first-order valence-corrected chi connectivity index (χ1v) is 5.79. The zero-order valence-electron chi connectivity index (χ0n) is 9.64. The fourth-order valence-corrected chi connectivity index (χ4v) is 1.58. The van der Waals surface area contributed by atoms with Gasteiger partial charge in [-0.25, -0.2) is 0 Å². The molecule has 1 atom stereocenters. The summed E-state index contributed by atoms with van der Waals surface area (Å²) in [5.74, 6) is 0.376. The molecule has 3 heteroatoms. The van der Waals surface area contributed by atoms with Gasteiger partial charge in [-0.3, -0.25) is 0 Å². The first kappa shape index (κ1) is 13.2. The summed E-state index contributed by atoms with van der Waals surface area (Å²) >= 11 is 0. The van der Waals surface area contributed by atoms with Crippen molar-refractivity contribution in [3.63, 3.8) is 0 Å². The highest BCUT2D eigenvalue weighted by Crippen LogP contribution is 2.07. The molecular formula is C13H21NO2. The standard InChI is InChI=1S/C13H21NO2/c14-10-12(6-8-15)7-9-16-11-13-4-2-1-3-5-13/h1-5,12,15H,6-11,14H2. The molecule has 0 fully saturated rings. The largest absolute Gasteiger partial charge is 0.396 e. The fourth-order valence-electron chi connectivity index (χ4n) is 1.58. The Morgan fingerprint density at radius 2 is 1.94 bits per heavy atom. The van der Waals surface area contributed by atoms with Crippen LogP contribution < -0.4 is 5.73 Å². The number of aliphatic hydroxyl groups is 1. The van der Waals surface area contributed by atoms with Gasteiger partial charge in [0, 0.05) is 13.2 Å². The van der Waals surface area contributed by atoms with Crippen molar-refractivity contribution in [2.24, 2.45) is 11.7 Å². The number of nitrogens with two attached hydrogens (primary N) is 1. The summed E-state index contributed by atoms with van der Waals surface area (Å²) in [5, 5.41) is 8.81.